The number of thiazole rings is 1. The van der Waals surface area contributed by atoms with E-state index >= 15 is 0 Å². The SMILES string of the molecule is Cc1ccc(C)c2sc(N(Cc3ccco3)C(=O)c3sc4ccccc4c3Cl)nc12. The monoisotopic (exact) mass is 452 g/mol. The Morgan fingerprint density at radius 3 is 2.60 bits per heavy atom. The van der Waals surface area contributed by atoms with Crippen LogP contribution >= 0.6 is 34.3 Å². The fraction of sp³-hybridized carbons (Fsp3) is 0.130. The van der Waals surface area contributed by atoms with Gasteiger partial charge in [-0.2, -0.15) is 0 Å². The van der Waals surface area contributed by atoms with Gasteiger partial charge in [0.15, 0.2) is 5.13 Å². The van der Waals surface area contributed by atoms with Gasteiger partial charge < -0.3 is 4.42 Å². The van der Waals surface area contributed by atoms with Crippen molar-refractivity contribution < 1.29 is 9.21 Å². The van der Waals surface area contributed by atoms with Crippen LogP contribution in [0.15, 0.2) is 59.2 Å². The van der Waals surface area contributed by atoms with Crippen LogP contribution in [-0.4, -0.2) is 10.9 Å². The van der Waals surface area contributed by atoms with Crippen LogP contribution in [0, 0.1) is 13.8 Å². The van der Waals surface area contributed by atoms with E-state index in [1.165, 1.54) is 22.7 Å². The fourth-order valence-corrected chi connectivity index (χ4v) is 5.99. The minimum Gasteiger partial charge on any atom is -0.467 e. The zero-order chi connectivity index (χ0) is 20.8. The molecular weight excluding hydrogens is 436 g/mol. The van der Waals surface area contributed by atoms with E-state index in [0.29, 0.717) is 20.8 Å². The van der Waals surface area contributed by atoms with Crippen molar-refractivity contribution in [2.24, 2.45) is 0 Å². The highest BCUT2D eigenvalue weighted by molar-refractivity contribution is 7.23. The van der Waals surface area contributed by atoms with E-state index in [0.717, 1.165) is 31.4 Å². The van der Waals surface area contributed by atoms with Gasteiger partial charge in [-0.15, -0.1) is 11.3 Å². The molecule has 0 saturated heterocycles. The van der Waals surface area contributed by atoms with Gasteiger partial charge in [0.1, 0.15) is 10.6 Å². The fourth-order valence-electron chi connectivity index (χ4n) is 3.42. The standard InChI is InChI=1S/C23H17ClN2O2S2/c1-13-9-10-14(2)20-19(13)25-23(30-20)26(12-15-6-5-11-28-15)22(27)21-18(24)16-7-3-4-8-17(16)29-21/h3-11H,12H2,1-2H3. The Morgan fingerprint density at radius 2 is 1.87 bits per heavy atom. The number of furan rings is 1. The third kappa shape index (κ3) is 3.21. The summed E-state index contributed by atoms with van der Waals surface area (Å²) in [6, 6.07) is 15.6. The summed E-state index contributed by atoms with van der Waals surface area (Å²) in [5, 5.41) is 2.01. The first-order valence-corrected chi connectivity index (χ1v) is 11.4. The lowest BCUT2D eigenvalue weighted by molar-refractivity contribution is 0.0987. The number of hydrogen-bond acceptors (Lipinski definition) is 5. The van der Waals surface area contributed by atoms with E-state index in [9.17, 15) is 4.79 Å². The van der Waals surface area contributed by atoms with Crippen LogP contribution in [0.2, 0.25) is 5.02 Å². The van der Waals surface area contributed by atoms with Gasteiger partial charge in [-0.3, -0.25) is 9.69 Å². The Kier molecular flexibility index (Phi) is 4.85. The maximum atomic E-state index is 13.7. The molecule has 4 nitrogen and oxygen atoms in total. The Bertz CT molecular complexity index is 1350. The lowest BCUT2D eigenvalue weighted by atomic mass is 10.1. The molecule has 5 aromatic rings. The first-order valence-electron chi connectivity index (χ1n) is 9.41. The number of fused-ring (bicyclic) bond motifs is 2. The van der Waals surface area contributed by atoms with Crippen molar-refractivity contribution >= 4 is 65.6 Å². The van der Waals surface area contributed by atoms with Gasteiger partial charge in [-0.05, 0) is 43.2 Å². The second-order valence-electron chi connectivity index (χ2n) is 7.09. The van der Waals surface area contributed by atoms with Crippen LogP contribution < -0.4 is 4.90 Å². The maximum absolute atomic E-state index is 13.7. The topological polar surface area (TPSA) is 46.3 Å². The van der Waals surface area contributed by atoms with E-state index in [1.54, 1.807) is 11.2 Å². The molecule has 0 atom stereocenters. The molecule has 7 heteroatoms. The van der Waals surface area contributed by atoms with Gasteiger partial charge in [0.2, 0.25) is 0 Å². The molecule has 1 amide bonds. The Labute approximate surface area is 186 Å². The molecule has 0 aliphatic rings. The van der Waals surface area contributed by atoms with Gasteiger partial charge in [-0.25, -0.2) is 4.98 Å². The minimum absolute atomic E-state index is 0.174. The molecule has 3 aromatic heterocycles. The molecule has 2 aromatic carbocycles. The van der Waals surface area contributed by atoms with Crippen LogP contribution in [0.3, 0.4) is 0 Å². The Balaban J connectivity index is 1.65. The van der Waals surface area contributed by atoms with Gasteiger partial charge in [-0.1, -0.05) is 53.3 Å². The number of nitrogens with zero attached hydrogens (tertiary/aromatic N) is 2. The number of hydrogen-bond donors (Lipinski definition) is 0. The molecule has 0 bridgehead atoms. The summed E-state index contributed by atoms with van der Waals surface area (Å²) in [7, 11) is 0. The Hall–Kier alpha value is -2.67. The highest BCUT2D eigenvalue weighted by Gasteiger charge is 2.27. The molecule has 0 unspecified atom stereocenters. The predicted molar refractivity (Wildman–Crippen MR) is 125 cm³/mol. The van der Waals surface area contributed by atoms with E-state index in [1.807, 2.05) is 43.3 Å². The molecule has 0 saturated carbocycles. The number of benzene rings is 2. The van der Waals surface area contributed by atoms with Crippen molar-refractivity contribution in [3.05, 3.63) is 81.6 Å². The molecule has 150 valence electrons. The second kappa shape index (κ2) is 7.54. The second-order valence-corrected chi connectivity index (χ2v) is 9.49. The summed E-state index contributed by atoms with van der Waals surface area (Å²) in [5.41, 5.74) is 3.16. The quantitative estimate of drug-likeness (QED) is 0.289. The van der Waals surface area contributed by atoms with Crippen molar-refractivity contribution in [2.45, 2.75) is 20.4 Å². The first-order chi connectivity index (χ1) is 14.5. The number of carbonyl (C=O) groups is 1. The smallest absolute Gasteiger partial charge is 0.272 e. The molecule has 0 spiro atoms. The number of amides is 1. The summed E-state index contributed by atoms with van der Waals surface area (Å²) in [6.07, 6.45) is 1.61. The van der Waals surface area contributed by atoms with Gasteiger partial charge in [0.25, 0.3) is 5.91 Å². The number of aryl methyl sites for hydroxylation is 2. The predicted octanol–water partition coefficient (Wildman–Crippen LogP) is 7.22. The first kappa shape index (κ1) is 19.3. The molecule has 0 N–H and O–H groups in total. The third-order valence-electron chi connectivity index (χ3n) is 5.03. The molecule has 0 radical (unpaired) electrons. The summed E-state index contributed by atoms with van der Waals surface area (Å²) in [5.74, 6) is 0.514. The molecule has 0 fully saturated rings. The largest absolute Gasteiger partial charge is 0.467 e. The number of carbonyl (C=O) groups excluding carboxylic acids is 1. The zero-order valence-corrected chi connectivity index (χ0v) is 18.7. The van der Waals surface area contributed by atoms with Crippen LogP contribution in [0.4, 0.5) is 5.13 Å². The van der Waals surface area contributed by atoms with E-state index in [-0.39, 0.29) is 12.5 Å². The van der Waals surface area contributed by atoms with Crippen molar-refractivity contribution in [3.8, 4) is 0 Å². The number of rotatable bonds is 4. The summed E-state index contributed by atoms with van der Waals surface area (Å²) in [4.78, 5) is 20.7. The average Bonchev–Trinajstić information content (AvgIpc) is 3.48. The molecule has 5 rings (SSSR count). The molecule has 3 heterocycles. The van der Waals surface area contributed by atoms with E-state index in [4.69, 9.17) is 21.0 Å². The van der Waals surface area contributed by atoms with Crippen LogP contribution in [0.25, 0.3) is 20.3 Å². The maximum Gasteiger partial charge on any atom is 0.272 e. The third-order valence-corrected chi connectivity index (χ3v) is 7.91. The van der Waals surface area contributed by atoms with Crippen molar-refractivity contribution in [3.63, 3.8) is 0 Å². The lowest BCUT2D eigenvalue weighted by Gasteiger charge is -2.18. The van der Waals surface area contributed by atoms with Crippen LogP contribution in [0.5, 0.6) is 0 Å². The highest BCUT2D eigenvalue weighted by atomic mass is 35.5. The lowest BCUT2D eigenvalue weighted by Crippen LogP contribution is -2.29. The number of anilines is 1. The van der Waals surface area contributed by atoms with Crippen molar-refractivity contribution in [2.75, 3.05) is 4.90 Å². The molecule has 30 heavy (non-hydrogen) atoms. The zero-order valence-electron chi connectivity index (χ0n) is 16.3. The molecular formula is C23H17ClN2O2S2. The Morgan fingerprint density at radius 1 is 1.07 bits per heavy atom. The summed E-state index contributed by atoms with van der Waals surface area (Å²) in [6.45, 7) is 4.38. The van der Waals surface area contributed by atoms with E-state index < -0.39 is 0 Å². The molecule has 0 aliphatic heterocycles. The average molecular weight is 453 g/mol. The molecule has 0 aliphatic carbocycles. The van der Waals surface area contributed by atoms with Crippen LogP contribution in [-0.2, 0) is 6.54 Å². The number of halogens is 1. The van der Waals surface area contributed by atoms with Crippen molar-refractivity contribution in [1.82, 2.24) is 4.98 Å². The van der Waals surface area contributed by atoms with Gasteiger partial charge in [0.05, 0.1) is 28.0 Å². The number of thiophene rings is 1. The van der Waals surface area contributed by atoms with Crippen molar-refractivity contribution in [1.29, 1.82) is 0 Å². The highest BCUT2D eigenvalue weighted by Crippen LogP contribution is 2.39. The van der Waals surface area contributed by atoms with Gasteiger partial charge in [0, 0.05) is 10.1 Å². The van der Waals surface area contributed by atoms with E-state index in [2.05, 4.69) is 19.1 Å². The van der Waals surface area contributed by atoms with Crippen LogP contribution in [0.1, 0.15) is 26.6 Å². The summed E-state index contributed by atoms with van der Waals surface area (Å²) >= 11 is 9.54. The van der Waals surface area contributed by atoms with Gasteiger partial charge >= 0.3 is 0 Å². The normalized spacial score (nSPS) is 11.4. The number of aromatic nitrogens is 1. The minimum atomic E-state index is -0.174. The summed E-state index contributed by atoms with van der Waals surface area (Å²) < 4.78 is 7.61.